The number of nitrogens with zero attached hydrogens (tertiary/aromatic N) is 1. The van der Waals surface area contributed by atoms with Crippen molar-refractivity contribution in [2.24, 2.45) is 5.92 Å². The third-order valence-electron chi connectivity index (χ3n) is 5.82. The fourth-order valence-electron chi connectivity index (χ4n) is 4.02. The van der Waals surface area contributed by atoms with Crippen molar-refractivity contribution in [1.82, 2.24) is 4.90 Å². The van der Waals surface area contributed by atoms with Crippen LogP contribution in [0.2, 0.25) is 0 Å². The Morgan fingerprint density at radius 2 is 2.21 bits per heavy atom. The zero-order valence-electron chi connectivity index (χ0n) is 16.5. The zero-order chi connectivity index (χ0) is 20.5. The summed E-state index contributed by atoms with van der Waals surface area (Å²) in [4.78, 5) is 38.9. The van der Waals surface area contributed by atoms with Crippen molar-refractivity contribution in [3.8, 4) is 0 Å². The highest BCUT2D eigenvalue weighted by Crippen LogP contribution is 2.34. The molecular formula is C20H27NO7. The molecule has 4 atom stereocenters. The van der Waals surface area contributed by atoms with Crippen molar-refractivity contribution in [2.75, 3.05) is 26.3 Å². The summed E-state index contributed by atoms with van der Waals surface area (Å²) in [5.41, 5.74) is -0.733. The van der Waals surface area contributed by atoms with Crippen molar-refractivity contribution < 1.29 is 33.7 Å². The fourth-order valence-corrected chi connectivity index (χ4v) is 4.02. The van der Waals surface area contributed by atoms with E-state index in [9.17, 15) is 19.5 Å². The smallest absolute Gasteiger partial charge is 0.338 e. The quantitative estimate of drug-likeness (QED) is 0.317. The average molecular weight is 393 g/mol. The molecule has 0 bridgehead atoms. The van der Waals surface area contributed by atoms with Gasteiger partial charge in [-0.1, -0.05) is 12.2 Å². The number of allylic oxidation sites excluding steroid dienone is 1. The molecule has 0 unspecified atom stereocenters. The predicted molar refractivity (Wildman–Crippen MR) is 98.0 cm³/mol. The van der Waals surface area contributed by atoms with Gasteiger partial charge in [0.25, 0.3) is 0 Å². The molecule has 2 saturated heterocycles. The molecule has 2 fully saturated rings. The van der Waals surface area contributed by atoms with Crippen molar-refractivity contribution in [2.45, 2.75) is 51.4 Å². The van der Waals surface area contributed by atoms with E-state index in [0.29, 0.717) is 18.5 Å². The van der Waals surface area contributed by atoms with Gasteiger partial charge in [-0.05, 0) is 32.3 Å². The second kappa shape index (κ2) is 8.05. The van der Waals surface area contributed by atoms with Gasteiger partial charge in [0.05, 0.1) is 12.6 Å². The Morgan fingerprint density at radius 3 is 2.89 bits per heavy atom. The highest BCUT2D eigenvalue weighted by Gasteiger charge is 2.46. The first-order valence-electron chi connectivity index (χ1n) is 9.56. The molecule has 8 heteroatoms. The molecule has 0 radical (unpaired) electrons. The van der Waals surface area contributed by atoms with Gasteiger partial charge in [-0.3, -0.25) is 9.69 Å². The number of esters is 3. The Morgan fingerprint density at radius 1 is 1.46 bits per heavy atom. The van der Waals surface area contributed by atoms with Crippen LogP contribution in [-0.4, -0.2) is 72.0 Å². The number of carbonyl (C=O) groups excluding carboxylic acids is 3. The molecule has 0 spiro atoms. The summed E-state index contributed by atoms with van der Waals surface area (Å²) in [5, 5.41) is 10.9. The molecular weight excluding hydrogens is 366 g/mol. The summed E-state index contributed by atoms with van der Waals surface area (Å²) in [7, 11) is 0. The van der Waals surface area contributed by atoms with Crippen LogP contribution >= 0.6 is 0 Å². The second-order valence-electron chi connectivity index (χ2n) is 7.69. The number of ether oxygens (including phenoxy) is 3. The Kier molecular flexibility index (Phi) is 5.90. The van der Waals surface area contributed by atoms with Crippen LogP contribution in [0.5, 0.6) is 0 Å². The summed E-state index contributed by atoms with van der Waals surface area (Å²) < 4.78 is 16.2. The average Bonchev–Trinajstić information content (AvgIpc) is 3.21. The lowest BCUT2D eigenvalue weighted by molar-refractivity contribution is -0.174. The summed E-state index contributed by atoms with van der Waals surface area (Å²) in [6.07, 6.45) is 4.02. The van der Waals surface area contributed by atoms with Crippen LogP contribution < -0.4 is 0 Å². The topological polar surface area (TPSA) is 102 Å². The van der Waals surface area contributed by atoms with Gasteiger partial charge in [0.2, 0.25) is 0 Å². The summed E-state index contributed by atoms with van der Waals surface area (Å²) in [6.45, 7) is 5.58. The first kappa shape index (κ1) is 20.5. The lowest BCUT2D eigenvalue weighted by atomic mass is 9.84. The largest absolute Gasteiger partial charge is 0.465 e. The number of hydrogen-bond donors (Lipinski definition) is 1. The molecule has 28 heavy (non-hydrogen) atoms. The SMILES string of the molecule is C/C=C1/C[C@@H](COC(C)=O)[C@](C)(O)C(=O)OCC2=CCN3CC[C@@H](OC1=O)[C@H]23. The second-order valence-corrected chi connectivity index (χ2v) is 7.69. The maximum absolute atomic E-state index is 12.8. The van der Waals surface area contributed by atoms with Crippen LogP contribution in [0.15, 0.2) is 23.3 Å². The van der Waals surface area contributed by atoms with Crippen LogP contribution in [0.3, 0.4) is 0 Å². The van der Waals surface area contributed by atoms with E-state index in [1.165, 1.54) is 13.8 Å². The number of rotatable bonds is 2. The fraction of sp³-hybridized carbons (Fsp3) is 0.650. The van der Waals surface area contributed by atoms with Gasteiger partial charge >= 0.3 is 17.9 Å². The normalized spacial score (nSPS) is 35.4. The monoisotopic (exact) mass is 393 g/mol. The molecule has 154 valence electrons. The third kappa shape index (κ3) is 3.98. The lowest BCUT2D eigenvalue weighted by Gasteiger charge is -2.32. The molecule has 3 rings (SSSR count). The molecule has 0 aromatic rings. The van der Waals surface area contributed by atoms with Crippen molar-refractivity contribution in [3.63, 3.8) is 0 Å². The molecule has 0 aromatic heterocycles. The first-order chi connectivity index (χ1) is 13.2. The predicted octanol–water partition coefficient (Wildman–Crippen LogP) is 0.736. The van der Waals surface area contributed by atoms with Gasteiger partial charge in [0.1, 0.15) is 12.7 Å². The van der Waals surface area contributed by atoms with Gasteiger partial charge in [0.15, 0.2) is 5.60 Å². The van der Waals surface area contributed by atoms with Crippen LogP contribution in [0, 0.1) is 5.92 Å². The van der Waals surface area contributed by atoms with E-state index in [4.69, 9.17) is 14.2 Å². The molecule has 0 aromatic carbocycles. The van der Waals surface area contributed by atoms with E-state index in [-0.39, 0.29) is 31.8 Å². The highest BCUT2D eigenvalue weighted by atomic mass is 16.6. The van der Waals surface area contributed by atoms with E-state index in [1.807, 2.05) is 6.08 Å². The van der Waals surface area contributed by atoms with Crippen molar-refractivity contribution in [1.29, 1.82) is 0 Å². The standard InChI is InChI=1S/C20H27NO7/c1-4-13-9-15(11-26-12(2)22)20(3,25)19(24)27-10-14-5-7-21-8-6-16(17(14)21)28-18(13)23/h4-5,15-17,25H,6-11H2,1-3H3/b13-4-/t15-,16+,17-,20-/m0/s1. The highest BCUT2D eigenvalue weighted by molar-refractivity contribution is 5.89. The lowest BCUT2D eigenvalue weighted by Crippen LogP contribution is -2.48. The molecule has 0 saturated carbocycles. The maximum atomic E-state index is 12.8. The molecule has 3 aliphatic rings. The Bertz CT molecular complexity index is 724. The molecule has 0 amide bonds. The van der Waals surface area contributed by atoms with Crippen LogP contribution in [0.25, 0.3) is 0 Å². The minimum atomic E-state index is -1.93. The number of aliphatic hydroxyl groups is 1. The molecule has 3 aliphatic heterocycles. The van der Waals surface area contributed by atoms with E-state index in [0.717, 1.165) is 12.1 Å². The van der Waals surface area contributed by atoms with Gasteiger partial charge in [0, 0.05) is 31.5 Å². The minimum Gasteiger partial charge on any atom is -0.465 e. The minimum absolute atomic E-state index is 0.0223. The number of cyclic esters (lactones) is 1. The van der Waals surface area contributed by atoms with Gasteiger partial charge in [-0.25, -0.2) is 9.59 Å². The van der Waals surface area contributed by atoms with E-state index >= 15 is 0 Å². The zero-order valence-corrected chi connectivity index (χ0v) is 16.5. The van der Waals surface area contributed by atoms with E-state index in [1.54, 1.807) is 13.0 Å². The van der Waals surface area contributed by atoms with Crippen LogP contribution in [0.1, 0.15) is 33.6 Å². The van der Waals surface area contributed by atoms with E-state index in [2.05, 4.69) is 4.90 Å². The van der Waals surface area contributed by atoms with Crippen molar-refractivity contribution in [3.05, 3.63) is 23.3 Å². The Balaban J connectivity index is 1.90. The van der Waals surface area contributed by atoms with Gasteiger partial charge < -0.3 is 19.3 Å². The molecule has 8 nitrogen and oxygen atoms in total. The summed E-state index contributed by atoms with van der Waals surface area (Å²) in [5.74, 6) is -2.67. The third-order valence-corrected chi connectivity index (χ3v) is 5.82. The van der Waals surface area contributed by atoms with Crippen molar-refractivity contribution >= 4 is 17.9 Å². The molecule has 3 heterocycles. The summed E-state index contributed by atoms with van der Waals surface area (Å²) >= 11 is 0. The summed E-state index contributed by atoms with van der Waals surface area (Å²) in [6, 6.07) is -0.101. The van der Waals surface area contributed by atoms with Gasteiger partial charge in [-0.2, -0.15) is 0 Å². The molecule has 0 aliphatic carbocycles. The maximum Gasteiger partial charge on any atom is 0.338 e. The van der Waals surface area contributed by atoms with E-state index < -0.39 is 29.4 Å². The first-order valence-corrected chi connectivity index (χ1v) is 9.56. The van der Waals surface area contributed by atoms with Crippen LogP contribution in [0.4, 0.5) is 0 Å². The Labute approximate surface area is 164 Å². The number of hydrogen-bond acceptors (Lipinski definition) is 8. The Hall–Kier alpha value is -2.19. The van der Waals surface area contributed by atoms with Gasteiger partial charge in [-0.15, -0.1) is 0 Å². The molecule has 1 N–H and O–H groups in total. The van der Waals surface area contributed by atoms with Crippen LogP contribution in [-0.2, 0) is 28.6 Å². The number of carbonyl (C=O) groups is 3.